The molecular formula is C18H13NO5. The summed E-state index contributed by atoms with van der Waals surface area (Å²) in [4.78, 5) is 36.1. The Kier molecular flexibility index (Phi) is 3.87. The highest BCUT2D eigenvalue weighted by Gasteiger charge is 2.32. The lowest BCUT2D eigenvalue weighted by Crippen LogP contribution is -2.26. The van der Waals surface area contributed by atoms with Crippen LogP contribution in [-0.4, -0.2) is 28.1 Å². The molecule has 6 nitrogen and oxygen atoms in total. The summed E-state index contributed by atoms with van der Waals surface area (Å²) in [6, 6.07) is 13.2. The zero-order valence-electron chi connectivity index (χ0n) is 12.5. The highest BCUT2D eigenvalue weighted by Crippen LogP contribution is 2.37. The number of fused-ring (bicyclic) bond motifs is 1. The zero-order chi connectivity index (χ0) is 17.3. The second-order valence-corrected chi connectivity index (χ2v) is 5.31. The molecule has 0 spiro atoms. The topological polar surface area (TPSA) is 94.9 Å². The maximum absolute atomic E-state index is 12.6. The van der Waals surface area contributed by atoms with Gasteiger partial charge in [-0.2, -0.15) is 0 Å². The van der Waals surface area contributed by atoms with Gasteiger partial charge in [-0.25, -0.2) is 9.59 Å². The van der Waals surface area contributed by atoms with Crippen molar-refractivity contribution in [3.8, 4) is 0 Å². The van der Waals surface area contributed by atoms with Crippen LogP contribution < -0.4 is 4.90 Å². The number of hydrogen-bond donors (Lipinski definition) is 2. The van der Waals surface area contributed by atoms with Crippen LogP contribution in [0.15, 0.2) is 54.6 Å². The van der Waals surface area contributed by atoms with Gasteiger partial charge in [0.2, 0.25) is 0 Å². The number of benzene rings is 2. The van der Waals surface area contributed by atoms with Crippen LogP contribution in [0.4, 0.5) is 5.69 Å². The van der Waals surface area contributed by atoms with E-state index in [9.17, 15) is 14.4 Å². The van der Waals surface area contributed by atoms with E-state index < -0.39 is 17.8 Å². The number of carbonyl (C=O) groups excluding carboxylic acids is 1. The Bertz CT molecular complexity index is 884. The fourth-order valence-electron chi connectivity index (χ4n) is 2.71. The SMILES string of the molecule is O=C(O)/C=C1/C(=O)N(Cc2cccc(C(=O)O)c2)c2ccccc21. The summed E-state index contributed by atoms with van der Waals surface area (Å²) in [7, 11) is 0. The second-order valence-electron chi connectivity index (χ2n) is 5.31. The molecule has 1 aliphatic heterocycles. The Morgan fingerprint density at radius 1 is 1.04 bits per heavy atom. The van der Waals surface area contributed by atoms with Crippen LogP contribution in [0.5, 0.6) is 0 Å². The highest BCUT2D eigenvalue weighted by molar-refractivity contribution is 6.34. The van der Waals surface area contributed by atoms with E-state index in [4.69, 9.17) is 10.2 Å². The number of hydrogen-bond acceptors (Lipinski definition) is 3. The molecule has 120 valence electrons. The monoisotopic (exact) mass is 323 g/mol. The van der Waals surface area contributed by atoms with E-state index in [-0.39, 0.29) is 17.7 Å². The Morgan fingerprint density at radius 2 is 1.79 bits per heavy atom. The predicted octanol–water partition coefficient (Wildman–Crippen LogP) is 2.40. The van der Waals surface area contributed by atoms with Crippen LogP contribution in [0.2, 0.25) is 0 Å². The lowest BCUT2D eigenvalue weighted by atomic mass is 10.1. The molecular weight excluding hydrogens is 310 g/mol. The van der Waals surface area contributed by atoms with Crippen molar-refractivity contribution < 1.29 is 24.6 Å². The van der Waals surface area contributed by atoms with Crippen LogP contribution >= 0.6 is 0 Å². The summed E-state index contributed by atoms with van der Waals surface area (Å²) in [5.74, 6) is -2.65. The largest absolute Gasteiger partial charge is 0.478 e. The van der Waals surface area contributed by atoms with E-state index in [1.165, 1.54) is 17.0 Å². The third-order valence-electron chi connectivity index (χ3n) is 3.74. The maximum Gasteiger partial charge on any atom is 0.335 e. The van der Waals surface area contributed by atoms with Crippen molar-refractivity contribution in [2.75, 3.05) is 4.90 Å². The molecule has 1 amide bonds. The first-order chi connectivity index (χ1) is 11.5. The minimum Gasteiger partial charge on any atom is -0.478 e. The Balaban J connectivity index is 2.00. The van der Waals surface area contributed by atoms with Gasteiger partial charge in [-0.3, -0.25) is 4.79 Å². The number of aromatic carboxylic acids is 1. The lowest BCUT2D eigenvalue weighted by Gasteiger charge is -2.17. The number of carboxylic acids is 2. The molecule has 0 bridgehead atoms. The summed E-state index contributed by atoms with van der Waals surface area (Å²) in [5.41, 5.74) is 2.06. The van der Waals surface area contributed by atoms with Gasteiger partial charge in [0, 0.05) is 11.6 Å². The molecule has 6 heteroatoms. The fourth-order valence-corrected chi connectivity index (χ4v) is 2.71. The molecule has 2 N–H and O–H groups in total. The van der Waals surface area contributed by atoms with Crippen LogP contribution in [0.3, 0.4) is 0 Å². The second kappa shape index (κ2) is 6.00. The number of rotatable bonds is 4. The Morgan fingerprint density at radius 3 is 2.50 bits per heavy atom. The van der Waals surface area contributed by atoms with E-state index in [2.05, 4.69) is 0 Å². The quantitative estimate of drug-likeness (QED) is 0.843. The fraction of sp³-hybridized carbons (Fsp3) is 0.0556. The van der Waals surface area contributed by atoms with Crippen LogP contribution in [0.25, 0.3) is 5.57 Å². The molecule has 0 saturated carbocycles. The number of anilines is 1. The third kappa shape index (κ3) is 2.77. The standard InChI is InChI=1S/C18H13NO5/c20-16(21)9-14-13-6-1-2-7-15(13)19(17(14)22)10-11-4-3-5-12(8-11)18(23)24/h1-9H,10H2,(H,20,21)(H,23,24)/b14-9+. The van der Waals surface area contributed by atoms with Crippen molar-refractivity contribution in [3.05, 3.63) is 71.3 Å². The smallest absolute Gasteiger partial charge is 0.335 e. The zero-order valence-corrected chi connectivity index (χ0v) is 12.5. The molecule has 0 aromatic heterocycles. The van der Waals surface area contributed by atoms with Crippen LogP contribution in [0.1, 0.15) is 21.5 Å². The molecule has 1 aliphatic rings. The van der Waals surface area contributed by atoms with Crippen LogP contribution in [0, 0.1) is 0 Å². The number of carboxylic acid groups (broad SMARTS) is 2. The van der Waals surface area contributed by atoms with Crippen molar-refractivity contribution in [2.24, 2.45) is 0 Å². The summed E-state index contributed by atoms with van der Waals surface area (Å²) in [6.45, 7) is 0.161. The van der Waals surface area contributed by atoms with Gasteiger partial charge in [-0.1, -0.05) is 30.3 Å². The molecule has 0 aliphatic carbocycles. The van der Waals surface area contributed by atoms with E-state index in [1.807, 2.05) is 0 Å². The van der Waals surface area contributed by atoms with E-state index in [0.717, 1.165) is 6.08 Å². The number of nitrogens with zero attached hydrogens (tertiary/aromatic N) is 1. The molecule has 0 unspecified atom stereocenters. The van der Waals surface area contributed by atoms with Gasteiger partial charge >= 0.3 is 11.9 Å². The van der Waals surface area contributed by atoms with E-state index >= 15 is 0 Å². The summed E-state index contributed by atoms with van der Waals surface area (Å²) in [6.07, 6.45) is 0.898. The molecule has 0 atom stereocenters. The van der Waals surface area contributed by atoms with E-state index in [1.54, 1.807) is 36.4 Å². The minimum absolute atomic E-state index is 0.118. The molecule has 0 saturated heterocycles. The van der Waals surface area contributed by atoms with Crippen LogP contribution in [-0.2, 0) is 16.1 Å². The van der Waals surface area contributed by atoms with Gasteiger partial charge in [0.25, 0.3) is 5.91 Å². The Hall–Kier alpha value is -3.41. The summed E-state index contributed by atoms with van der Waals surface area (Å²) < 4.78 is 0. The van der Waals surface area contributed by atoms with Gasteiger partial charge in [0.15, 0.2) is 0 Å². The van der Waals surface area contributed by atoms with Gasteiger partial charge in [-0.15, -0.1) is 0 Å². The van der Waals surface area contributed by atoms with Gasteiger partial charge < -0.3 is 15.1 Å². The number of amides is 1. The summed E-state index contributed by atoms with van der Waals surface area (Å²) in [5, 5.41) is 18.0. The van der Waals surface area contributed by atoms with Gasteiger partial charge in [0.05, 0.1) is 23.4 Å². The summed E-state index contributed by atoms with van der Waals surface area (Å²) >= 11 is 0. The van der Waals surface area contributed by atoms with Crippen molar-refractivity contribution in [2.45, 2.75) is 6.54 Å². The minimum atomic E-state index is -1.19. The molecule has 1 heterocycles. The van der Waals surface area contributed by atoms with Crippen molar-refractivity contribution >= 4 is 29.1 Å². The highest BCUT2D eigenvalue weighted by atomic mass is 16.4. The first-order valence-electron chi connectivity index (χ1n) is 7.15. The third-order valence-corrected chi connectivity index (χ3v) is 3.74. The first kappa shape index (κ1) is 15.5. The predicted molar refractivity (Wildman–Crippen MR) is 86.6 cm³/mol. The molecule has 2 aromatic carbocycles. The average Bonchev–Trinajstić information content (AvgIpc) is 2.81. The molecule has 2 aromatic rings. The maximum atomic E-state index is 12.6. The molecule has 0 radical (unpaired) electrons. The van der Waals surface area contributed by atoms with E-state index in [0.29, 0.717) is 16.8 Å². The average molecular weight is 323 g/mol. The number of carbonyl (C=O) groups is 3. The molecule has 3 rings (SSSR count). The lowest BCUT2D eigenvalue weighted by molar-refractivity contribution is -0.131. The van der Waals surface area contributed by atoms with Gasteiger partial charge in [-0.05, 0) is 23.8 Å². The molecule has 0 fully saturated rings. The van der Waals surface area contributed by atoms with Crippen molar-refractivity contribution in [3.63, 3.8) is 0 Å². The molecule has 24 heavy (non-hydrogen) atoms. The number of para-hydroxylation sites is 1. The normalized spacial score (nSPS) is 14.8. The van der Waals surface area contributed by atoms with Crippen molar-refractivity contribution in [1.29, 1.82) is 0 Å². The Labute approximate surface area is 137 Å². The van der Waals surface area contributed by atoms with Crippen molar-refractivity contribution in [1.82, 2.24) is 0 Å². The van der Waals surface area contributed by atoms with Gasteiger partial charge in [0.1, 0.15) is 0 Å². The number of aliphatic carboxylic acids is 1. The first-order valence-corrected chi connectivity index (χ1v) is 7.15.